The number of hydrogen-bond donors (Lipinski definition) is 5. The van der Waals surface area contributed by atoms with E-state index in [-0.39, 0.29) is 36.4 Å². The number of amides is 3. The van der Waals surface area contributed by atoms with E-state index in [4.69, 9.17) is 15.2 Å². The molecule has 0 saturated heterocycles. The highest BCUT2D eigenvalue weighted by molar-refractivity contribution is 5.88. The van der Waals surface area contributed by atoms with Gasteiger partial charge < -0.3 is 36.3 Å². The Balaban J connectivity index is 1.63. The van der Waals surface area contributed by atoms with E-state index in [1.165, 1.54) is 12.5 Å². The number of carbonyl (C=O) groups excluding carboxylic acids is 2. The molecule has 1 fully saturated rings. The molecule has 1 aliphatic carbocycles. The van der Waals surface area contributed by atoms with Crippen molar-refractivity contribution >= 4 is 17.9 Å². The standard InChI is InChI=1S/C27H44N4O6/c1-18(2)23(17-36-11-5-6-12-37-22-9-7-19(3)8-10-22)30-24(32)16-29-26(35)31-27(4,25(33)34)15-20-13-21(28)14-20/h7-10,18,20-21,23H,5-6,11-17,28H2,1-4H3,(H,30,32)(H,33,34)(H2,29,31,35)/t20?,21?,23-,27+/m1/s1. The van der Waals surface area contributed by atoms with E-state index in [9.17, 15) is 19.5 Å². The van der Waals surface area contributed by atoms with Crippen LogP contribution in [0.4, 0.5) is 4.79 Å². The van der Waals surface area contributed by atoms with Gasteiger partial charge in [0, 0.05) is 12.6 Å². The van der Waals surface area contributed by atoms with Crippen LogP contribution in [-0.2, 0) is 14.3 Å². The Bertz CT molecular complexity index is 872. The molecule has 0 aliphatic heterocycles. The monoisotopic (exact) mass is 520 g/mol. The van der Waals surface area contributed by atoms with Gasteiger partial charge >= 0.3 is 12.0 Å². The molecule has 1 aromatic rings. The predicted molar refractivity (Wildman–Crippen MR) is 141 cm³/mol. The number of nitrogens with two attached hydrogens (primary N) is 1. The van der Waals surface area contributed by atoms with Gasteiger partial charge in [0.15, 0.2) is 0 Å². The summed E-state index contributed by atoms with van der Waals surface area (Å²) in [5.41, 5.74) is 5.55. The number of aryl methyl sites for hydroxylation is 1. The van der Waals surface area contributed by atoms with Crippen LogP contribution in [-0.4, -0.2) is 67.0 Å². The molecule has 0 heterocycles. The van der Waals surface area contributed by atoms with Crippen LogP contribution in [0.15, 0.2) is 24.3 Å². The largest absolute Gasteiger partial charge is 0.494 e. The Morgan fingerprint density at radius 1 is 1.14 bits per heavy atom. The smallest absolute Gasteiger partial charge is 0.329 e. The van der Waals surface area contributed by atoms with Crippen LogP contribution in [0.2, 0.25) is 0 Å². The fraction of sp³-hybridized carbons (Fsp3) is 0.667. The molecular formula is C27H44N4O6. The molecule has 3 amide bonds. The number of urea groups is 1. The molecule has 0 aromatic heterocycles. The van der Waals surface area contributed by atoms with Crippen LogP contribution in [0.5, 0.6) is 5.75 Å². The molecule has 1 aliphatic rings. The summed E-state index contributed by atoms with van der Waals surface area (Å²) in [4.78, 5) is 36.5. The van der Waals surface area contributed by atoms with E-state index in [1.807, 2.05) is 45.0 Å². The molecule has 0 bridgehead atoms. The van der Waals surface area contributed by atoms with E-state index < -0.39 is 17.5 Å². The second kappa shape index (κ2) is 14.8. The third-order valence-corrected chi connectivity index (χ3v) is 6.66. The summed E-state index contributed by atoms with van der Waals surface area (Å²) in [7, 11) is 0. The lowest BCUT2D eigenvalue weighted by Crippen LogP contribution is -2.58. The quantitative estimate of drug-likeness (QED) is 0.210. The molecule has 10 heteroatoms. The van der Waals surface area contributed by atoms with Gasteiger partial charge in [-0.1, -0.05) is 31.5 Å². The summed E-state index contributed by atoms with van der Waals surface area (Å²) in [6, 6.07) is 7.12. The van der Waals surface area contributed by atoms with Gasteiger partial charge in [0.05, 0.1) is 25.8 Å². The summed E-state index contributed by atoms with van der Waals surface area (Å²) in [5, 5.41) is 17.5. The zero-order chi connectivity index (χ0) is 27.4. The second-order valence-electron chi connectivity index (χ2n) is 10.6. The topological polar surface area (TPSA) is 152 Å². The second-order valence-corrected chi connectivity index (χ2v) is 10.6. The maximum absolute atomic E-state index is 12.4. The normalized spacial score (nSPS) is 19.3. The molecule has 208 valence electrons. The molecule has 1 saturated carbocycles. The minimum atomic E-state index is -1.43. The Morgan fingerprint density at radius 2 is 1.78 bits per heavy atom. The molecular weight excluding hydrogens is 476 g/mol. The number of ether oxygens (including phenoxy) is 2. The summed E-state index contributed by atoms with van der Waals surface area (Å²) in [6.45, 7) is 8.72. The minimum Gasteiger partial charge on any atom is -0.494 e. The van der Waals surface area contributed by atoms with Gasteiger partial charge in [-0.3, -0.25) is 4.79 Å². The first kappa shape index (κ1) is 30.4. The van der Waals surface area contributed by atoms with Crippen molar-refractivity contribution in [1.82, 2.24) is 16.0 Å². The van der Waals surface area contributed by atoms with Gasteiger partial charge in [0.2, 0.25) is 5.91 Å². The molecule has 6 N–H and O–H groups in total. The van der Waals surface area contributed by atoms with Gasteiger partial charge in [-0.05, 0) is 69.9 Å². The number of hydrogen-bond acceptors (Lipinski definition) is 6. The molecule has 0 radical (unpaired) electrons. The van der Waals surface area contributed by atoms with E-state index >= 15 is 0 Å². The van der Waals surface area contributed by atoms with Gasteiger partial charge in [-0.25, -0.2) is 9.59 Å². The number of unbranched alkanes of at least 4 members (excludes halogenated alkanes) is 1. The van der Waals surface area contributed by atoms with Crippen molar-refractivity contribution < 1.29 is 29.0 Å². The fourth-order valence-corrected chi connectivity index (χ4v) is 4.18. The zero-order valence-corrected chi connectivity index (χ0v) is 22.5. The predicted octanol–water partition coefficient (Wildman–Crippen LogP) is 2.58. The first-order valence-electron chi connectivity index (χ1n) is 13.1. The lowest BCUT2D eigenvalue weighted by Gasteiger charge is -2.38. The van der Waals surface area contributed by atoms with Crippen LogP contribution in [0, 0.1) is 18.8 Å². The molecule has 0 spiro atoms. The van der Waals surface area contributed by atoms with Crippen molar-refractivity contribution in [1.29, 1.82) is 0 Å². The van der Waals surface area contributed by atoms with Crippen molar-refractivity contribution in [3.63, 3.8) is 0 Å². The summed E-state index contributed by atoms with van der Waals surface area (Å²) < 4.78 is 11.5. The number of carboxylic acids is 1. The molecule has 10 nitrogen and oxygen atoms in total. The molecule has 0 unspecified atom stereocenters. The van der Waals surface area contributed by atoms with Crippen LogP contribution in [0.1, 0.15) is 58.4 Å². The summed E-state index contributed by atoms with van der Waals surface area (Å²) in [6.07, 6.45) is 3.47. The SMILES string of the molecule is Cc1ccc(OCCCCOC[C@@H](NC(=O)CNC(=O)N[C@@](C)(CC2CC(N)C2)C(=O)O)C(C)C)cc1. The number of aliphatic carboxylic acids is 1. The van der Waals surface area contributed by atoms with Crippen molar-refractivity contribution in [3.05, 3.63) is 29.8 Å². The first-order chi connectivity index (χ1) is 17.5. The molecule has 2 atom stereocenters. The third-order valence-electron chi connectivity index (χ3n) is 6.66. The Kier molecular flexibility index (Phi) is 12.1. The summed E-state index contributed by atoms with van der Waals surface area (Å²) >= 11 is 0. The van der Waals surface area contributed by atoms with Crippen LogP contribution >= 0.6 is 0 Å². The zero-order valence-electron chi connectivity index (χ0n) is 22.5. The van der Waals surface area contributed by atoms with Gasteiger partial charge in [0.25, 0.3) is 0 Å². The lowest BCUT2D eigenvalue weighted by molar-refractivity contribution is -0.144. The van der Waals surface area contributed by atoms with Crippen molar-refractivity contribution in [2.24, 2.45) is 17.6 Å². The van der Waals surface area contributed by atoms with Crippen molar-refractivity contribution in [3.8, 4) is 5.75 Å². The van der Waals surface area contributed by atoms with Crippen LogP contribution in [0.3, 0.4) is 0 Å². The van der Waals surface area contributed by atoms with Crippen LogP contribution in [0.25, 0.3) is 0 Å². The average Bonchev–Trinajstić information content (AvgIpc) is 2.81. The average molecular weight is 521 g/mol. The third kappa shape index (κ3) is 11.0. The number of carboxylic acid groups (broad SMARTS) is 1. The highest BCUT2D eigenvalue weighted by Crippen LogP contribution is 2.33. The van der Waals surface area contributed by atoms with Crippen molar-refractivity contribution in [2.75, 3.05) is 26.4 Å². The van der Waals surface area contributed by atoms with E-state index in [0.29, 0.717) is 26.2 Å². The van der Waals surface area contributed by atoms with E-state index in [2.05, 4.69) is 16.0 Å². The number of carbonyl (C=O) groups is 3. The van der Waals surface area contributed by atoms with E-state index in [1.54, 1.807) is 0 Å². The van der Waals surface area contributed by atoms with Crippen molar-refractivity contribution in [2.45, 2.75) is 77.4 Å². The molecule has 1 aromatic carbocycles. The number of rotatable bonds is 16. The number of benzene rings is 1. The fourth-order valence-electron chi connectivity index (χ4n) is 4.18. The van der Waals surface area contributed by atoms with Gasteiger partial charge in [-0.15, -0.1) is 0 Å². The maximum Gasteiger partial charge on any atom is 0.329 e. The molecule has 2 rings (SSSR count). The number of nitrogens with one attached hydrogen (secondary N) is 3. The maximum atomic E-state index is 12.4. The Hall–Kier alpha value is -2.85. The highest BCUT2D eigenvalue weighted by atomic mass is 16.5. The van der Waals surface area contributed by atoms with Gasteiger partial charge in [-0.2, -0.15) is 0 Å². The minimum absolute atomic E-state index is 0.0940. The Labute approximate surface area is 220 Å². The first-order valence-corrected chi connectivity index (χ1v) is 13.1. The lowest BCUT2D eigenvalue weighted by atomic mass is 9.73. The Morgan fingerprint density at radius 3 is 2.38 bits per heavy atom. The summed E-state index contributed by atoms with van der Waals surface area (Å²) in [5.74, 6) is -0.344. The van der Waals surface area contributed by atoms with Gasteiger partial charge in [0.1, 0.15) is 11.3 Å². The highest BCUT2D eigenvalue weighted by Gasteiger charge is 2.40. The van der Waals surface area contributed by atoms with Crippen LogP contribution < -0.4 is 26.4 Å². The molecule has 37 heavy (non-hydrogen) atoms. The van der Waals surface area contributed by atoms with E-state index in [0.717, 1.165) is 31.4 Å².